The Balaban J connectivity index is 1.61. The molecule has 2 aromatic heterocycles. The lowest BCUT2D eigenvalue weighted by Crippen LogP contribution is -2.35. The van der Waals surface area contributed by atoms with E-state index in [1.165, 1.54) is 11.1 Å². The Labute approximate surface area is 169 Å². The molecule has 5 heteroatoms. The maximum Gasteiger partial charge on any atom is 0.262 e. The molecule has 0 N–H and O–H groups in total. The van der Waals surface area contributed by atoms with Gasteiger partial charge in [-0.05, 0) is 42.5 Å². The summed E-state index contributed by atoms with van der Waals surface area (Å²) in [5.41, 5.74) is 6.44. The highest BCUT2D eigenvalue weighted by Crippen LogP contribution is 2.34. The number of carbonyl (C=O) groups excluding carboxylic acids is 1. The van der Waals surface area contributed by atoms with E-state index in [0.29, 0.717) is 11.3 Å². The highest BCUT2D eigenvalue weighted by atomic mass is 16.3. The highest BCUT2D eigenvalue weighted by molar-refractivity contribution is 6.11. The number of nitrogens with zero attached hydrogens (tertiary/aromatic N) is 3. The van der Waals surface area contributed by atoms with Crippen molar-refractivity contribution in [3.8, 4) is 11.3 Å². The number of furan rings is 1. The smallest absolute Gasteiger partial charge is 0.262 e. The second kappa shape index (κ2) is 6.92. The van der Waals surface area contributed by atoms with Gasteiger partial charge in [-0.1, -0.05) is 37.3 Å². The largest absolute Gasteiger partial charge is 0.464 e. The van der Waals surface area contributed by atoms with Gasteiger partial charge in [-0.2, -0.15) is 5.10 Å². The molecule has 29 heavy (non-hydrogen) atoms. The van der Waals surface area contributed by atoms with Crippen LogP contribution in [0.5, 0.6) is 0 Å². The highest BCUT2D eigenvalue weighted by Gasteiger charge is 2.28. The molecule has 146 valence electrons. The first-order chi connectivity index (χ1) is 14.2. The Hall–Kier alpha value is -3.34. The first kappa shape index (κ1) is 17.7. The molecule has 0 saturated carbocycles. The molecule has 5 rings (SSSR count). The van der Waals surface area contributed by atoms with Crippen molar-refractivity contribution in [1.82, 2.24) is 9.78 Å². The summed E-state index contributed by atoms with van der Waals surface area (Å²) in [7, 11) is 1.85. The van der Waals surface area contributed by atoms with Crippen molar-refractivity contribution in [2.24, 2.45) is 7.05 Å². The molecule has 0 fully saturated rings. The van der Waals surface area contributed by atoms with E-state index in [1.54, 1.807) is 10.9 Å². The number of rotatable bonds is 3. The molecule has 3 heterocycles. The molecule has 5 nitrogen and oxygen atoms in total. The lowest BCUT2D eigenvalue weighted by atomic mass is 9.97. The zero-order valence-corrected chi connectivity index (χ0v) is 16.7. The Kier molecular flexibility index (Phi) is 4.23. The van der Waals surface area contributed by atoms with Crippen molar-refractivity contribution in [3.05, 3.63) is 71.6 Å². The Morgan fingerprint density at radius 2 is 2.07 bits per heavy atom. The first-order valence-corrected chi connectivity index (χ1v) is 10.1. The maximum atomic E-state index is 13.7. The van der Waals surface area contributed by atoms with Gasteiger partial charge in [0.15, 0.2) is 0 Å². The molecule has 0 saturated heterocycles. The van der Waals surface area contributed by atoms with Crippen molar-refractivity contribution in [2.45, 2.75) is 26.2 Å². The van der Waals surface area contributed by atoms with E-state index >= 15 is 0 Å². The molecule has 2 aromatic carbocycles. The number of aromatic nitrogens is 2. The third kappa shape index (κ3) is 2.94. The third-order valence-electron chi connectivity index (χ3n) is 5.72. The van der Waals surface area contributed by atoms with E-state index in [2.05, 4.69) is 30.2 Å². The second-order valence-electron chi connectivity index (χ2n) is 7.59. The van der Waals surface area contributed by atoms with E-state index in [9.17, 15) is 4.79 Å². The van der Waals surface area contributed by atoms with Crippen molar-refractivity contribution >= 4 is 22.6 Å². The van der Waals surface area contributed by atoms with E-state index in [1.807, 2.05) is 42.4 Å². The van der Waals surface area contributed by atoms with Crippen LogP contribution in [0.3, 0.4) is 0 Å². The number of hydrogen-bond acceptors (Lipinski definition) is 3. The number of carbonyl (C=O) groups is 1. The maximum absolute atomic E-state index is 13.7. The quantitative estimate of drug-likeness (QED) is 0.499. The molecule has 0 aliphatic carbocycles. The molecule has 1 aliphatic heterocycles. The number of fused-ring (bicyclic) bond motifs is 2. The molecule has 0 spiro atoms. The van der Waals surface area contributed by atoms with Gasteiger partial charge < -0.3 is 9.32 Å². The molecule has 1 amide bonds. The van der Waals surface area contributed by atoms with Crippen LogP contribution in [0.25, 0.3) is 22.2 Å². The van der Waals surface area contributed by atoms with Crippen molar-refractivity contribution in [2.75, 3.05) is 11.4 Å². The second-order valence-corrected chi connectivity index (χ2v) is 7.59. The number of amides is 1. The lowest BCUT2D eigenvalue weighted by molar-refractivity contribution is 0.0985. The number of hydrogen-bond donors (Lipinski definition) is 0. The summed E-state index contributed by atoms with van der Waals surface area (Å²) in [5.74, 6) is -0.00687. The monoisotopic (exact) mass is 385 g/mol. The average Bonchev–Trinajstić information content (AvgIpc) is 3.35. The minimum absolute atomic E-state index is 0.00687. The fourth-order valence-electron chi connectivity index (χ4n) is 4.20. The van der Waals surface area contributed by atoms with E-state index in [0.717, 1.165) is 48.0 Å². The van der Waals surface area contributed by atoms with Crippen LogP contribution >= 0.6 is 0 Å². The zero-order valence-electron chi connectivity index (χ0n) is 16.7. The predicted octanol–water partition coefficient (Wildman–Crippen LogP) is 4.99. The Morgan fingerprint density at radius 3 is 2.93 bits per heavy atom. The summed E-state index contributed by atoms with van der Waals surface area (Å²) in [6, 6.07) is 14.3. The molecule has 1 aliphatic rings. The first-order valence-electron chi connectivity index (χ1n) is 10.1. The molecule has 0 bridgehead atoms. The van der Waals surface area contributed by atoms with Crippen LogP contribution in [0.15, 0.2) is 59.3 Å². The summed E-state index contributed by atoms with van der Waals surface area (Å²) < 4.78 is 7.41. The van der Waals surface area contributed by atoms with E-state index in [-0.39, 0.29) is 5.91 Å². The van der Waals surface area contributed by atoms with Crippen LogP contribution in [0.4, 0.5) is 5.69 Å². The van der Waals surface area contributed by atoms with Gasteiger partial charge in [0.25, 0.3) is 5.91 Å². The van der Waals surface area contributed by atoms with Gasteiger partial charge >= 0.3 is 0 Å². The Bertz CT molecular complexity index is 1220. The number of benzene rings is 2. The summed E-state index contributed by atoms with van der Waals surface area (Å²) in [5, 5.41) is 5.58. The minimum Gasteiger partial charge on any atom is -0.464 e. The third-order valence-corrected chi connectivity index (χ3v) is 5.72. The van der Waals surface area contributed by atoms with Crippen LogP contribution in [-0.2, 0) is 19.9 Å². The molecule has 0 unspecified atom stereocenters. The standard InChI is InChI=1S/C24H23N3O2/c1-3-16-10-11-17-7-6-12-27(21(17)13-16)24(28)19-14-26(2)25-23(19)20-15-29-22-9-5-4-8-18(20)22/h4-5,8-11,13-15H,3,6-7,12H2,1-2H3. The molecular formula is C24H23N3O2. The van der Waals surface area contributed by atoms with E-state index in [4.69, 9.17) is 4.42 Å². The van der Waals surface area contributed by atoms with Gasteiger partial charge in [0.1, 0.15) is 17.5 Å². The van der Waals surface area contributed by atoms with Crippen molar-refractivity contribution in [1.29, 1.82) is 0 Å². The van der Waals surface area contributed by atoms with Gasteiger partial charge in [0.05, 0.1) is 5.56 Å². The van der Waals surface area contributed by atoms with Crippen molar-refractivity contribution < 1.29 is 9.21 Å². The summed E-state index contributed by atoms with van der Waals surface area (Å²) in [6.45, 7) is 2.86. The molecular weight excluding hydrogens is 362 g/mol. The van der Waals surface area contributed by atoms with Crippen LogP contribution in [0, 0.1) is 0 Å². The van der Waals surface area contributed by atoms with Gasteiger partial charge in [-0.25, -0.2) is 0 Å². The van der Waals surface area contributed by atoms with E-state index < -0.39 is 0 Å². The predicted molar refractivity (Wildman–Crippen MR) is 114 cm³/mol. The average molecular weight is 385 g/mol. The number of aryl methyl sites for hydroxylation is 3. The minimum atomic E-state index is -0.00687. The van der Waals surface area contributed by atoms with Gasteiger partial charge in [0, 0.05) is 36.4 Å². The normalized spacial score (nSPS) is 13.7. The van der Waals surface area contributed by atoms with Crippen LogP contribution in [0.1, 0.15) is 34.8 Å². The summed E-state index contributed by atoms with van der Waals surface area (Å²) in [4.78, 5) is 15.6. The van der Waals surface area contributed by atoms with Crippen molar-refractivity contribution in [3.63, 3.8) is 0 Å². The molecule has 4 aromatic rings. The summed E-state index contributed by atoms with van der Waals surface area (Å²) in [6.07, 6.45) is 6.44. The van der Waals surface area contributed by atoms with Crippen LogP contribution in [-0.4, -0.2) is 22.2 Å². The SMILES string of the molecule is CCc1ccc2c(c1)N(C(=O)c1cn(C)nc1-c1coc3ccccc13)CCC2. The molecule has 0 atom stereocenters. The molecule has 0 radical (unpaired) electrons. The van der Waals surface area contributed by atoms with Gasteiger partial charge in [0.2, 0.25) is 0 Å². The lowest BCUT2D eigenvalue weighted by Gasteiger charge is -2.30. The van der Waals surface area contributed by atoms with Gasteiger partial charge in [-0.15, -0.1) is 0 Å². The number of anilines is 1. The number of para-hydroxylation sites is 1. The fourth-order valence-corrected chi connectivity index (χ4v) is 4.20. The summed E-state index contributed by atoms with van der Waals surface area (Å²) >= 11 is 0. The van der Waals surface area contributed by atoms with Crippen LogP contribution in [0.2, 0.25) is 0 Å². The Morgan fingerprint density at radius 1 is 1.21 bits per heavy atom. The van der Waals surface area contributed by atoms with Gasteiger partial charge in [-0.3, -0.25) is 9.48 Å². The zero-order chi connectivity index (χ0) is 20.0. The van der Waals surface area contributed by atoms with Crippen LogP contribution < -0.4 is 4.90 Å². The fraction of sp³-hybridized carbons (Fsp3) is 0.250. The topological polar surface area (TPSA) is 51.3 Å².